The number of hydrogen-bond acceptors (Lipinski definition) is 4. The Hall–Kier alpha value is -2.54. The van der Waals surface area contributed by atoms with Crippen LogP contribution < -0.4 is 10.6 Å². The van der Waals surface area contributed by atoms with E-state index in [2.05, 4.69) is 10.6 Å². The number of carbonyl (C=O) groups is 2. The van der Waals surface area contributed by atoms with Crippen LogP contribution in [0.1, 0.15) is 23.5 Å². The van der Waals surface area contributed by atoms with E-state index in [1.165, 1.54) is 0 Å². The molecule has 2 aromatic heterocycles. The lowest BCUT2D eigenvalue weighted by Crippen LogP contribution is -2.43. The number of nitrogens with zero attached hydrogens (tertiary/aromatic N) is 1. The molecule has 0 aromatic carbocycles. The monoisotopic (exact) mass is 373 g/mol. The van der Waals surface area contributed by atoms with Crippen molar-refractivity contribution in [1.82, 2.24) is 15.5 Å². The molecule has 0 aliphatic carbocycles. The number of carbonyl (C=O) groups excluding carboxylic acids is 2. The molecule has 3 heterocycles. The van der Waals surface area contributed by atoms with Gasteiger partial charge in [-0.25, -0.2) is 4.79 Å². The lowest BCUT2D eigenvalue weighted by molar-refractivity contribution is -0.127. The maximum absolute atomic E-state index is 12.2. The quantitative estimate of drug-likeness (QED) is 0.764. The van der Waals surface area contributed by atoms with Gasteiger partial charge in [-0.1, -0.05) is 6.07 Å². The van der Waals surface area contributed by atoms with E-state index >= 15 is 0 Å². The predicted molar refractivity (Wildman–Crippen MR) is 102 cm³/mol. The molecule has 1 saturated heterocycles. The lowest BCUT2D eigenvalue weighted by Gasteiger charge is -2.31. The fourth-order valence-corrected chi connectivity index (χ4v) is 3.53. The molecule has 6 nitrogen and oxygen atoms in total. The first kappa shape index (κ1) is 18.3. The van der Waals surface area contributed by atoms with E-state index in [1.807, 2.05) is 28.5 Å². The minimum atomic E-state index is -0.140. The number of likely N-dealkylation sites (tertiary alicyclic amines) is 1. The van der Waals surface area contributed by atoms with E-state index in [0.29, 0.717) is 37.9 Å². The Bertz CT molecular complexity index is 717. The van der Waals surface area contributed by atoms with Crippen LogP contribution in [0.25, 0.3) is 6.08 Å². The molecule has 0 atom stereocenters. The predicted octanol–water partition coefficient (Wildman–Crippen LogP) is 3.09. The van der Waals surface area contributed by atoms with E-state index in [9.17, 15) is 9.59 Å². The van der Waals surface area contributed by atoms with Gasteiger partial charge in [0.1, 0.15) is 5.76 Å². The SMILES string of the molecule is O=C(NCc1cccs1)NCC1CCN(C(=O)/C=C/c2ccco2)CC1. The number of amides is 3. The van der Waals surface area contributed by atoms with Crippen molar-refractivity contribution in [3.8, 4) is 0 Å². The van der Waals surface area contributed by atoms with E-state index in [-0.39, 0.29) is 11.9 Å². The summed E-state index contributed by atoms with van der Waals surface area (Å²) in [6.45, 7) is 2.62. The van der Waals surface area contributed by atoms with Gasteiger partial charge in [-0.2, -0.15) is 0 Å². The second kappa shape index (κ2) is 9.24. The number of hydrogen-bond donors (Lipinski definition) is 2. The highest BCUT2D eigenvalue weighted by Gasteiger charge is 2.21. The summed E-state index contributed by atoms with van der Waals surface area (Å²) in [5.74, 6) is 1.08. The molecule has 138 valence electrons. The van der Waals surface area contributed by atoms with Gasteiger partial charge in [0.15, 0.2) is 0 Å². The van der Waals surface area contributed by atoms with Gasteiger partial charge in [-0.3, -0.25) is 4.79 Å². The molecule has 26 heavy (non-hydrogen) atoms. The van der Waals surface area contributed by atoms with Crippen LogP contribution in [-0.2, 0) is 11.3 Å². The van der Waals surface area contributed by atoms with Crippen LogP contribution in [0.5, 0.6) is 0 Å². The standard InChI is InChI=1S/C19H23N3O3S/c23-18(6-5-16-3-1-11-25-16)22-9-7-15(8-10-22)13-20-19(24)21-14-17-4-2-12-26-17/h1-6,11-12,15H,7-10,13-14H2,(H2,20,21,24)/b6-5+. The van der Waals surface area contributed by atoms with Crippen LogP contribution in [0.15, 0.2) is 46.4 Å². The van der Waals surface area contributed by atoms with Crippen LogP contribution in [0.4, 0.5) is 4.79 Å². The maximum Gasteiger partial charge on any atom is 0.315 e. The summed E-state index contributed by atoms with van der Waals surface area (Å²) in [5, 5.41) is 7.78. The first-order chi connectivity index (χ1) is 12.7. The zero-order chi connectivity index (χ0) is 18.2. The third kappa shape index (κ3) is 5.49. The van der Waals surface area contributed by atoms with Crippen molar-refractivity contribution in [1.29, 1.82) is 0 Å². The van der Waals surface area contributed by atoms with Gasteiger partial charge >= 0.3 is 6.03 Å². The average Bonchev–Trinajstić information content (AvgIpc) is 3.37. The molecule has 1 fully saturated rings. The molecule has 0 bridgehead atoms. The molecule has 3 rings (SSSR count). The van der Waals surface area contributed by atoms with Gasteiger partial charge in [0.2, 0.25) is 5.91 Å². The summed E-state index contributed by atoms with van der Waals surface area (Å²) in [5.41, 5.74) is 0. The number of urea groups is 1. The van der Waals surface area contributed by atoms with Crippen LogP contribution in [-0.4, -0.2) is 36.5 Å². The van der Waals surface area contributed by atoms with Crippen LogP contribution in [0.3, 0.4) is 0 Å². The second-order valence-electron chi connectivity index (χ2n) is 6.26. The number of thiophene rings is 1. The smallest absolute Gasteiger partial charge is 0.315 e. The molecular weight excluding hydrogens is 350 g/mol. The van der Waals surface area contributed by atoms with Crippen molar-refractivity contribution in [2.45, 2.75) is 19.4 Å². The number of piperidine rings is 1. The van der Waals surface area contributed by atoms with E-state index in [4.69, 9.17) is 4.42 Å². The molecule has 0 radical (unpaired) electrons. The Morgan fingerprint density at radius 2 is 2.08 bits per heavy atom. The minimum absolute atomic E-state index is 0.00139. The third-order valence-corrected chi connectivity index (χ3v) is 5.29. The van der Waals surface area contributed by atoms with Gasteiger partial charge < -0.3 is 20.0 Å². The van der Waals surface area contributed by atoms with Crippen LogP contribution in [0.2, 0.25) is 0 Å². The Morgan fingerprint density at radius 3 is 2.77 bits per heavy atom. The van der Waals surface area contributed by atoms with E-state index in [1.54, 1.807) is 35.8 Å². The molecule has 3 amide bonds. The molecule has 2 N–H and O–H groups in total. The van der Waals surface area contributed by atoms with Gasteiger partial charge in [-0.15, -0.1) is 11.3 Å². The average molecular weight is 373 g/mol. The molecule has 0 unspecified atom stereocenters. The summed E-state index contributed by atoms with van der Waals surface area (Å²) < 4.78 is 5.18. The molecule has 1 aliphatic rings. The maximum atomic E-state index is 12.2. The van der Waals surface area contributed by atoms with Crippen molar-refractivity contribution >= 4 is 29.4 Å². The molecular formula is C19H23N3O3S. The van der Waals surface area contributed by atoms with Crippen molar-refractivity contribution < 1.29 is 14.0 Å². The highest BCUT2D eigenvalue weighted by Crippen LogP contribution is 2.17. The normalized spacial score (nSPS) is 15.3. The molecule has 0 saturated carbocycles. The Balaban J connectivity index is 1.33. The molecule has 2 aromatic rings. The second-order valence-corrected chi connectivity index (χ2v) is 7.29. The van der Waals surface area contributed by atoms with E-state index < -0.39 is 0 Å². The first-order valence-corrected chi connectivity index (χ1v) is 9.63. The van der Waals surface area contributed by atoms with Gasteiger partial charge in [-0.05, 0) is 48.4 Å². The summed E-state index contributed by atoms with van der Waals surface area (Å²) in [4.78, 5) is 27.0. The zero-order valence-corrected chi connectivity index (χ0v) is 15.3. The fraction of sp³-hybridized carbons (Fsp3) is 0.368. The van der Waals surface area contributed by atoms with Crippen LogP contribution in [0, 0.1) is 5.92 Å². The Kier molecular flexibility index (Phi) is 6.49. The largest absolute Gasteiger partial charge is 0.465 e. The topological polar surface area (TPSA) is 74.6 Å². The summed E-state index contributed by atoms with van der Waals surface area (Å²) in [6.07, 6.45) is 6.61. The first-order valence-electron chi connectivity index (χ1n) is 8.75. The third-order valence-electron chi connectivity index (χ3n) is 4.41. The number of furan rings is 1. The highest BCUT2D eigenvalue weighted by atomic mass is 32.1. The van der Waals surface area contributed by atoms with Crippen molar-refractivity contribution in [3.63, 3.8) is 0 Å². The highest BCUT2D eigenvalue weighted by molar-refractivity contribution is 7.09. The fourth-order valence-electron chi connectivity index (χ4n) is 2.88. The molecule has 1 aliphatic heterocycles. The number of nitrogens with one attached hydrogen (secondary N) is 2. The van der Waals surface area contributed by atoms with Gasteiger partial charge in [0.05, 0.1) is 12.8 Å². The van der Waals surface area contributed by atoms with Gasteiger partial charge in [0, 0.05) is 30.6 Å². The lowest BCUT2D eigenvalue weighted by atomic mass is 9.97. The summed E-state index contributed by atoms with van der Waals surface area (Å²) in [7, 11) is 0. The number of rotatable bonds is 6. The zero-order valence-electron chi connectivity index (χ0n) is 14.5. The Labute approximate surface area is 156 Å². The van der Waals surface area contributed by atoms with Gasteiger partial charge in [0.25, 0.3) is 0 Å². The van der Waals surface area contributed by atoms with E-state index in [0.717, 1.165) is 17.7 Å². The van der Waals surface area contributed by atoms with Crippen molar-refractivity contribution in [2.24, 2.45) is 5.92 Å². The van der Waals surface area contributed by atoms with Crippen molar-refractivity contribution in [2.75, 3.05) is 19.6 Å². The van der Waals surface area contributed by atoms with Crippen LogP contribution >= 0.6 is 11.3 Å². The molecule has 7 heteroatoms. The summed E-state index contributed by atoms with van der Waals surface area (Å²) in [6, 6.07) is 7.43. The summed E-state index contributed by atoms with van der Waals surface area (Å²) >= 11 is 1.63. The Morgan fingerprint density at radius 1 is 1.23 bits per heavy atom. The minimum Gasteiger partial charge on any atom is -0.465 e. The molecule has 0 spiro atoms. The van der Waals surface area contributed by atoms with Crippen molar-refractivity contribution in [3.05, 3.63) is 52.6 Å².